The predicted octanol–water partition coefficient (Wildman–Crippen LogP) is 3.37. The molecule has 2 aromatic rings. The van der Waals surface area contributed by atoms with Crippen molar-refractivity contribution in [1.82, 2.24) is 25.0 Å². The van der Waals surface area contributed by atoms with Crippen molar-refractivity contribution < 1.29 is 13.2 Å². The lowest BCUT2D eigenvalue weighted by atomic mass is 9.95. The van der Waals surface area contributed by atoms with E-state index in [1.165, 1.54) is 0 Å². The second-order valence-corrected chi connectivity index (χ2v) is 8.18. The van der Waals surface area contributed by atoms with E-state index in [9.17, 15) is 13.2 Å². The minimum atomic E-state index is -4.24. The molecule has 146 valence electrons. The summed E-state index contributed by atoms with van der Waals surface area (Å²) in [4.78, 5) is 2.59. The minimum Gasteiger partial charge on any atom is -0.312 e. The van der Waals surface area contributed by atoms with Crippen molar-refractivity contribution in [2.24, 2.45) is 0 Å². The molecule has 3 heterocycles. The number of piperidine rings is 1. The monoisotopic (exact) mass is 397 g/mol. The van der Waals surface area contributed by atoms with Gasteiger partial charge in [-0.1, -0.05) is 12.1 Å². The lowest BCUT2D eigenvalue weighted by Gasteiger charge is -2.32. The van der Waals surface area contributed by atoms with Gasteiger partial charge in [0.1, 0.15) is 11.6 Å². The first-order chi connectivity index (χ1) is 13.0. The number of rotatable bonds is 4. The lowest BCUT2D eigenvalue weighted by Crippen LogP contribution is -2.34. The number of benzene rings is 1. The quantitative estimate of drug-likeness (QED) is 0.802. The van der Waals surface area contributed by atoms with Crippen molar-refractivity contribution in [3.63, 3.8) is 0 Å². The fraction of sp³-hybridized carbons (Fsp3) is 0.556. The van der Waals surface area contributed by atoms with Gasteiger partial charge >= 0.3 is 5.51 Å². The van der Waals surface area contributed by atoms with Gasteiger partial charge in [0.25, 0.3) is 0 Å². The van der Waals surface area contributed by atoms with Crippen LogP contribution in [0.25, 0.3) is 0 Å². The average Bonchev–Trinajstić information content (AvgIpc) is 3.07. The van der Waals surface area contributed by atoms with Crippen LogP contribution in [0.4, 0.5) is 13.2 Å². The van der Waals surface area contributed by atoms with Gasteiger partial charge in [-0.25, -0.2) is 0 Å². The maximum absolute atomic E-state index is 12.4. The van der Waals surface area contributed by atoms with Crippen molar-refractivity contribution in [3.05, 3.63) is 41.5 Å². The summed E-state index contributed by atoms with van der Waals surface area (Å²) in [6.07, 6.45) is 2.07. The van der Waals surface area contributed by atoms with Crippen LogP contribution in [0.5, 0.6) is 0 Å². The first-order valence-corrected chi connectivity index (χ1v) is 9.99. The largest absolute Gasteiger partial charge is 0.446 e. The van der Waals surface area contributed by atoms with E-state index >= 15 is 0 Å². The van der Waals surface area contributed by atoms with Gasteiger partial charge in [-0.05, 0) is 55.4 Å². The fourth-order valence-electron chi connectivity index (χ4n) is 3.82. The SMILES string of the molecule is FC(F)(F)Sc1ccc(CN2CCC(c3nnc4n3CCNC4)CC2)cc1. The molecule has 27 heavy (non-hydrogen) atoms. The summed E-state index contributed by atoms with van der Waals surface area (Å²) in [7, 11) is 0. The highest BCUT2D eigenvalue weighted by Crippen LogP contribution is 2.37. The molecule has 1 aromatic heterocycles. The summed E-state index contributed by atoms with van der Waals surface area (Å²) in [5.74, 6) is 2.57. The first kappa shape index (κ1) is 18.8. The molecule has 1 N–H and O–H groups in total. The highest BCUT2D eigenvalue weighted by atomic mass is 32.2. The molecule has 0 atom stereocenters. The molecule has 0 aliphatic carbocycles. The summed E-state index contributed by atoms with van der Waals surface area (Å²) in [5.41, 5.74) is -3.19. The molecular formula is C18H22F3N5S. The predicted molar refractivity (Wildman–Crippen MR) is 97.3 cm³/mol. The number of hydrogen-bond donors (Lipinski definition) is 1. The number of aromatic nitrogens is 3. The van der Waals surface area contributed by atoms with E-state index in [1.54, 1.807) is 24.3 Å². The van der Waals surface area contributed by atoms with Crippen LogP contribution in [-0.2, 0) is 19.6 Å². The Hall–Kier alpha value is -1.58. The number of fused-ring (bicyclic) bond motifs is 1. The second-order valence-electron chi connectivity index (χ2n) is 7.05. The van der Waals surface area contributed by atoms with Gasteiger partial charge < -0.3 is 9.88 Å². The molecule has 4 rings (SSSR count). The molecule has 1 aromatic carbocycles. The van der Waals surface area contributed by atoms with E-state index in [2.05, 4.69) is 25.0 Å². The van der Waals surface area contributed by atoms with Crippen molar-refractivity contribution in [3.8, 4) is 0 Å². The first-order valence-electron chi connectivity index (χ1n) is 9.18. The number of halogens is 3. The van der Waals surface area contributed by atoms with Crippen LogP contribution in [0.3, 0.4) is 0 Å². The van der Waals surface area contributed by atoms with Crippen LogP contribution in [-0.4, -0.2) is 44.8 Å². The number of alkyl halides is 3. The Labute approximate surface area is 160 Å². The molecule has 0 bridgehead atoms. The number of hydrogen-bond acceptors (Lipinski definition) is 5. The van der Waals surface area contributed by atoms with Gasteiger partial charge in [0.2, 0.25) is 0 Å². The van der Waals surface area contributed by atoms with E-state index in [-0.39, 0.29) is 16.7 Å². The number of nitrogens with zero attached hydrogens (tertiary/aromatic N) is 4. The smallest absolute Gasteiger partial charge is 0.312 e. The topological polar surface area (TPSA) is 46.0 Å². The highest BCUT2D eigenvalue weighted by Gasteiger charge is 2.29. The maximum atomic E-state index is 12.4. The molecule has 9 heteroatoms. The normalized spacial score (nSPS) is 19.2. The van der Waals surface area contributed by atoms with Gasteiger partial charge in [-0.15, -0.1) is 10.2 Å². The molecule has 2 aliphatic rings. The van der Waals surface area contributed by atoms with Gasteiger partial charge in [0, 0.05) is 30.4 Å². The Balaban J connectivity index is 1.31. The number of nitrogens with one attached hydrogen (secondary N) is 1. The summed E-state index contributed by atoms with van der Waals surface area (Å²) >= 11 is -0.0678. The number of likely N-dealkylation sites (tertiary alicyclic amines) is 1. The molecule has 2 aliphatic heterocycles. The molecular weight excluding hydrogens is 375 g/mol. The molecule has 0 spiro atoms. The standard InChI is InChI=1S/C18H22F3N5S/c19-18(20,21)27-15-3-1-13(2-4-15)12-25-8-5-14(6-9-25)17-24-23-16-11-22-7-10-26(16)17/h1-4,14,22H,5-12H2. The van der Waals surface area contributed by atoms with Crippen LogP contribution in [0.2, 0.25) is 0 Å². The summed E-state index contributed by atoms with van der Waals surface area (Å²) in [5, 5.41) is 12.0. The van der Waals surface area contributed by atoms with Crippen molar-refractivity contribution in [1.29, 1.82) is 0 Å². The molecule has 5 nitrogen and oxygen atoms in total. The molecule has 0 radical (unpaired) electrons. The Bertz CT molecular complexity index is 766. The third-order valence-corrected chi connectivity index (χ3v) is 5.91. The number of thioether (sulfide) groups is 1. The molecule has 1 saturated heterocycles. The van der Waals surface area contributed by atoms with E-state index < -0.39 is 5.51 Å². The highest BCUT2D eigenvalue weighted by molar-refractivity contribution is 8.00. The van der Waals surface area contributed by atoms with Gasteiger partial charge in [0.15, 0.2) is 0 Å². The summed E-state index contributed by atoms with van der Waals surface area (Å²) in [6.45, 7) is 5.37. The van der Waals surface area contributed by atoms with Crippen LogP contribution < -0.4 is 5.32 Å². The van der Waals surface area contributed by atoms with Crippen LogP contribution in [0.15, 0.2) is 29.2 Å². The maximum Gasteiger partial charge on any atom is 0.446 e. The van der Waals surface area contributed by atoms with E-state index in [0.29, 0.717) is 5.92 Å². The molecule has 0 amide bonds. The zero-order valence-electron chi connectivity index (χ0n) is 14.9. The zero-order valence-corrected chi connectivity index (χ0v) is 15.7. The minimum absolute atomic E-state index is 0.0678. The fourth-order valence-corrected chi connectivity index (χ4v) is 4.36. The van der Waals surface area contributed by atoms with Crippen molar-refractivity contribution >= 4 is 11.8 Å². The Morgan fingerprint density at radius 1 is 1.07 bits per heavy atom. The van der Waals surface area contributed by atoms with Crippen molar-refractivity contribution in [2.45, 2.75) is 48.8 Å². The Morgan fingerprint density at radius 2 is 1.81 bits per heavy atom. The van der Waals surface area contributed by atoms with E-state index in [1.807, 2.05) is 0 Å². The Kier molecular flexibility index (Phi) is 5.43. The van der Waals surface area contributed by atoms with Gasteiger partial charge in [-0.2, -0.15) is 13.2 Å². The molecule has 1 fully saturated rings. The van der Waals surface area contributed by atoms with Gasteiger partial charge in [0.05, 0.1) is 6.54 Å². The lowest BCUT2D eigenvalue weighted by molar-refractivity contribution is -0.0328. The molecule has 0 unspecified atom stereocenters. The van der Waals surface area contributed by atoms with Crippen LogP contribution in [0.1, 0.15) is 36.0 Å². The van der Waals surface area contributed by atoms with Crippen LogP contribution >= 0.6 is 11.8 Å². The Morgan fingerprint density at radius 3 is 2.52 bits per heavy atom. The second kappa shape index (κ2) is 7.81. The zero-order chi connectivity index (χ0) is 18.9. The third kappa shape index (κ3) is 4.64. The van der Waals surface area contributed by atoms with E-state index in [0.717, 1.165) is 69.3 Å². The summed E-state index contributed by atoms with van der Waals surface area (Å²) in [6, 6.07) is 6.69. The van der Waals surface area contributed by atoms with E-state index in [4.69, 9.17) is 0 Å². The van der Waals surface area contributed by atoms with Crippen molar-refractivity contribution in [2.75, 3.05) is 19.6 Å². The summed E-state index contributed by atoms with van der Waals surface area (Å²) < 4.78 is 39.5. The third-order valence-electron chi connectivity index (χ3n) is 5.17. The van der Waals surface area contributed by atoms with Crippen LogP contribution in [0, 0.1) is 0 Å². The van der Waals surface area contributed by atoms with Gasteiger partial charge in [-0.3, -0.25) is 4.90 Å². The molecule has 0 saturated carbocycles. The average molecular weight is 397 g/mol.